The van der Waals surface area contributed by atoms with E-state index in [9.17, 15) is 9.59 Å². The number of carbonyl (C=O) groups is 1. The van der Waals surface area contributed by atoms with Crippen LogP contribution in [-0.4, -0.2) is 31.0 Å². The van der Waals surface area contributed by atoms with E-state index in [0.717, 1.165) is 10.4 Å². The van der Waals surface area contributed by atoms with Crippen molar-refractivity contribution in [3.8, 4) is 5.69 Å². The Hall–Kier alpha value is -2.62. The number of nitrogens with one attached hydrogen (secondary N) is 1. The number of aryl methyl sites for hydroxylation is 2. The van der Waals surface area contributed by atoms with Crippen LogP contribution in [0.2, 0.25) is 5.02 Å². The van der Waals surface area contributed by atoms with Gasteiger partial charge in [0, 0.05) is 22.0 Å². The summed E-state index contributed by atoms with van der Waals surface area (Å²) in [6.07, 6.45) is 1.65. The SMILES string of the molecule is Cc1sc2nc(SCC(=O)Nc3ccnn3C(C)C)n(-c3ccc(Cl)cc3)c(=O)c2c1C. The number of nitrogens with zero attached hydrogens (tertiary/aromatic N) is 4. The molecule has 0 radical (unpaired) electrons. The van der Waals surface area contributed by atoms with Crippen LogP contribution in [-0.2, 0) is 4.79 Å². The maximum atomic E-state index is 13.5. The number of halogens is 1. The fourth-order valence-electron chi connectivity index (χ4n) is 3.32. The number of thiophene rings is 1. The van der Waals surface area contributed by atoms with Gasteiger partial charge in [0.1, 0.15) is 10.6 Å². The summed E-state index contributed by atoms with van der Waals surface area (Å²) in [5, 5.41) is 8.76. The van der Waals surface area contributed by atoms with Crippen LogP contribution in [0, 0.1) is 13.8 Å². The van der Waals surface area contributed by atoms with E-state index in [4.69, 9.17) is 16.6 Å². The summed E-state index contributed by atoms with van der Waals surface area (Å²) in [6.45, 7) is 7.90. The molecule has 0 bridgehead atoms. The third kappa shape index (κ3) is 4.32. The highest BCUT2D eigenvalue weighted by atomic mass is 35.5. The fraction of sp³-hybridized carbons (Fsp3) is 0.273. The number of anilines is 1. The Morgan fingerprint density at radius 3 is 2.62 bits per heavy atom. The second kappa shape index (κ2) is 9.09. The van der Waals surface area contributed by atoms with Crippen LogP contribution in [0.4, 0.5) is 5.82 Å². The van der Waals surface area contributed by atoms with Crippen LogP contribution < -0.4 is 10.9 Å². The molecule has 7 nitrogen and oxygen atoms in total. The van der Waals surface area contributed by atoms with Gasteiger partial charge in [0.15, 0.2) is 5.16 Å². The lowest BCUT2D eigenvalue weighted by Gasteiger charge is -2.13. The zero-order chi connectivity index (χ0) is 23.0. The van der Waals surface area contributed by atoms with Crippen molar-refractivity contribution < 1.29 is 4.79 Å². The molecule has 0 fully saturated rings. The topological polar surface area (TPSA) is 81.8 Å². The number of hydrogen-bond acceptors (Lipinski definition) is 6. The number of amides is 1. The van der Waals surface area contributed by atoms with Crippen LogP contribution >= 0.6 is 34.7 Å². The number of carbonyl (C=O) groups excluding carboxylic acids is 1. The lowest BCUT2D eigenvalue weighted by atomic mass is 10.2. The van der Waals surface area contributed by atoms with Gasteiger partial charge in [-0.05, 0) is 57.5 Å². The normalized spacial score (nSPS) is 11.4. The van der Waals surface area contributed by atoms with Gasteiger partial charge < -0.3 is 5.32 Å². The Morgan fingerprint density at radius 2 is 1.94 bits per heavy atom. The quantitative estimate of drug-likeness (QED) is 0.297. The standard InChI is InChI=1S/C22H22ClN5O2S2/c1-12(2)28-17(9-10-24-28)25-18(29)11-31-22-26-20-19(13(3)14(4)32-20)21(30)27(22)16-7-5-15(23)6-8-16/h5-10,12H,11H2,1-4H3,(H,25,29). The summed E-state index contributed by atoms with van der Waals surface area (Å²) in [5.41, 5.74) is 1.43. The highest BCUT2D eigenvalue weighted by Gasteiger charge is 2.19. The first-order valence-electron chi connectivity index (χ1n) is 10.0. The maximum absolute atomic E-state index is 13.5. The van der Waals surface area contributed by atoms with Crippen molar-refractivity contribution in [3.63, 3.8) is 0 Å². The third-order valence-electron chi connectivity index (χ3n) is 5.02. The Balaban J connectivity index is 1.69. The molecule has 1 amide bonds. The molecule has 1 aromatic carbocycles. The molecule has 0 spiro atoms. The molecule has 0 saturated heterocycles. The first-order chi connectivity index (χ1) is 15.3. The number of aromatic nitrogens is 4. The van der Waals surface area contributed by atoms with Crippen LogP contribution in [0.25, 0.3) is 15.9 Å². The molecule has 10 heteroatoms. The zero-order valence-corrected chi connectivity index (χ0v) is 20.4. The zero-order valence-electron chi connectivity index (χ0n) is 18.0. The van der Waals surface area contributed by atoms with E-state index in [2.05, 4.69) is 10.4 Å². The summed E-state index contributed by atoms with van der Waals surface area (Å²) >= 11 is 8.74. The molecule has 3 heterocycles. The average Bonchev–Trinajstić information content (AvgIpc) is 3.32. The number of hydrogen-bond donors (Lipinski definition) is 1. The van der Waals surface area contributed by atoms with Crippen molar-refractivity contribution in [2.45, 2.75) is 38.9 Å². The van der Waals surface area contributed by atoms with E-state index < -0.39 is 0 Å². The third-order valence-corrected chi connectivity index (χ3v) is 7.31. The Labute approximate surface area is 198 Å². The summed E-state index contributed by atoms with van der Waals surface area (Å²) in [5.74, 6) is 0.527. The smallest absolute Gasteiger partial charge is 0.267 e. The van der Waals surface area contributed by atoms with Crippen molar-refractivity contribution in [1.29, 1.82) is 0 Å². The van der Waals surface area contributed by atoms with Crippen LogP contribution in [0.1, 0.15) is 30.3 Å². The molecular formula is C22H22ClN5O2S2. The Morgan fingerprint density at radius 1 is 1.22 bits per heavy atom. The second-order valence-corrected chi connectivity index (χ2v) is 10.1. The van der Waals surface area contributed by atoms with Gasteiger partial charge in [-0.15, -0.1) is 11.3 Å². The number of thioether (sulfide) groups is 1. The van der Waals surface area contributed by atoms with Gasteiger partial charge >= 0.3 is 0 Å². The average molecular weight is 488 g/mol. The van der Waals surface area contributed by atoms with Gasteiger partial charge in [-0.2, -0.15) is 5.10 Å². The molecule has 0 aliphatic rings. The van der Waals surface area contributed by atoms with Crippen molar-refractivity contribution in [2.75, 3.05) is 11.1 Å². The van der Waals surface area contributed by atoms with Crippen molar-refractivity contribution >= 4 is 56.6 Å². The van der Waals surface area contributed by atoms with Crippen molar-refractivity contribution in [1.82, 2.24) is 19.3 Å². The predicted octanol–water partition coefficient (Wildman–Crippen LogP) is 5.23. The Kier molecular flexibility index (Phi) is 6.41. The van der Waals surface area contributed by atoms with Gasteiger partial charge in [-0.1, -0.05) is 23.4 Å². The number of fused-ring (bicyclic) bond motifs is 1. The molecule has 166 valence electrons. The summed E-state index contributed by atoms with van der Waals surface area (Å²) in [7, 11) is 0. The van der Waals surface area contributed by atoms with E-state index in [-0.39, 0.29) is 23.3 Å². The summed E-state index contributed by atoms with van der Waals surface area (Å²) in [6, 6.07) is 8.89. The molecule has 3 aromatic heterocycles. The predicted molar refractivity (Wildman–Crippen MR) is 132 cm³/mol. The summed E-state index contributed by atoms with van der Waals surface area (Å²) in [4.78, 5) is 32.6. The minimum absolute atomic E-state index is 0.0954. The van der Waals surface area contributed by atoms with Gasteiger partial charge in [-0.3, -0.25) is 14.2 Å². The van der Waals surface area contributed by atoms with E-state index in [1.54, 1.807) is 45.8 Å². The molecule has 1 N–H and O–H groups in total. The van der Waals surface area contributed by atoms with E-state index in [1.807, 2.05) is 27.7 Å². The largest absolute Gasteiger partial charge is 0.310 e. The lowest BCUT2D eigenvalue weighted by Crippen LogP contribution is -2.23. The van der Waals surface area contributed by atoms with Gasteiger partial charge in [0.05, 0.1) is 23.0 Å². The second-order valence-electron chi connectivity index (χ2n) is 7.57. The summed E-state index contributed by atoms with van der Waals surface area (Å²) < 4.78 is 3.29. The molecule has 0 atom stereocenters. The minimum Gasteiger partial charge on any atom is -0.310 e. The molecule has 0 aliphatic heterocycles. The fourth-order valence-corrected chi connectivity index (χ4v) is 5.33. The number of rotatable bonds is 6. The van der Waals surface area contributed by atoms with E-state index >= 15 is 0 Å². The molecule has 0 aliphatic carbocycles. The van der Waals surface area contributed by atoms with Crippen LogP contribution in [0.3, 0.4) is 0 Å². The molecular weight excluding hydrogens is 466 g/mol. The van der Waals surface area contributed by atoms with Crippen molar-refractivity contribution in [2.24, 2.45) is 0 Å². The van der Waals surface area contributed by atoms with E-state index in [0.29, 0.717) is 31.9 Å². The minimum atomic E-state index is -0.201. The molecule has 4 aromatic rings. The van der Waals surface area contributed by atoms with Gasteiger partial charge in [-0.25, -0.2) is 9.67 Å². The van der Waals surface area contributed by atoms with Gasteiger partial charge in [0.25, 0.3) is 5.56 Å². The maximum Gasteiger partial charge on any atom is 0.267 e. The number of benzene rings is 1. The van der Waals surface area contributed by atoms with Crippen LogP contribution in [0.15, 0.2) is 46.5 Å². The van der Waals surface area contributed by atoms with Crippen LogP contribution in [0.5, 0.6) is 0 Å². The molecule has 4 rings (SSSR count). The molecule has 0 unspecified atom stereocenters. The highest BCUT2D eigenvalue weighted by molar-refractivity contribution is 7.99. The molecule has 32 heavy (non-hydrogen) atoms. The monoisotopic (exact) mass is 487 g/mol. The van der Waals surface area contributed by atoms with Gasteiger partial charge in [0.2, 0.25) is 5.91 Å². The lowest BCUT2D eigenvalue weighted by molar-refractivity contribution is -0.113. The first-order valence-corrected chi connectivity index (χ1v) is 12.2. The van der Waals surface area contributed by atoms with E-state index in [1.165, 1.54) is 23.1 Å². The molecule has 0 saturated carbocycles. The van der Waals surface area contributed by atoms with Crippen molar-refractivity contribution in [3.05, 3.63) is 62.3 Å². The highest BCUT2D eigenvalue weighted by Crippen LogP contribution is 2.30. The first kappa shape index (κ1) is 22.6. The Bertz CT molecular complexity index is 1360.